The Morgan fingerprint density at radius 1 is 0.238 bits per heavy atom. The summed E-state index contributed by atoms with van der Waals surface area (Å²) in [5.74, 6) is 0.889. The summed E-state index contributed by atoms with van der Waals surface area (Å²) in [6.45, 7) is 16.2. The molecule has 0 bridgehead atoms. The zero-order chi connectivity index (χ0) is 44.9. The van der Waals surface area contributed by atoms with Crippen LogP contribution in [0.15, 0.2) is 24.3 Å². The Morgan fingerprint density at radius 3 is 0.778 bits per heavy atom. The minimum Gasteiger partial charge on any atom is -0.491 e. The third kappa shape index (κ3) is 48.4. The van der Waals surface area contributed by atoms with E-state index in [2.05, 4.69) is 38.1 Å². The third-order valence-corrected chi connectivity index (χ3v) is 10.7. The van der Waals surface area contributed by atoms with Crippen LogP contribution in [0.4, 0.5) is 0 Å². The summed E-state index contributed by atoms with van der Waals surface area (Å²) in [6.07, 6.45) is 31.3. The molecule has 0 aliphatic heterocycles. The second-order valence-corrected chi connectivity index (χ2v) is 16.4. The van der Waals surface area contributed by atoms with Crippen molar-refractivity contribution in [3.05, 3.63) is 29.8 Å². The molecule has 0 aromatic heterocycles. The molecule has 0 atom stereocenters. The van der Waals surface area contributed by atoms with Gasteiger partial charge in [-0.3, -0.25) is 0 Å². The molecule has 1 aromatic rings. The largest absolute Gasteiger partial charge is 0.491 e. The molecular weight excluding hydrogens is 801 g/mol. The minimum absolute atomic E-state index is 0.521. The maximum atomic E-state index is 5.79. The Labute approximate surface area is 386 Å². The van der Waals surface area contributed by atoms with Crippen LogP contribution in [0.2, 0.25) is 0 Å². The van der Waals surface area contributed by atoms with Crippen LogP contribution in [-0.2, 0) is 53.8 Å². The smallest absolute Gasteiger partial charge is 0.119 e. The summed E-state index contributed by atoms with van der Waals surface area (Å²) >= 11 is 0. The number of benzene rings is 1. The van der Waals surface area contributed by atoms with Gasteiger partial charge in [0.05, 0.1) is 126 Å². The Morgan fingerprint density at radius 2 is 0.476 bits per heavy atom. The van der Waals surface area contributed by atoms with E-state index in [1.807, 2.05) is 0 Å². The first-order valence-corrected chi connectivity index (χ1v) is 25.9. The number of aryl methyl sites for hydroxylation is 1. The fourth-order valence-corrected chi connectivity index (χ4v) is 6.91. The van der Waals surface area contributed by atoms with Gasteiger partial charge in [0.15, 0.2) is 0 Å². The van der Waals surface area contributed by atoms with E-state index in [9.17, 15) is 0 Å². The summed E-state index contributed by atoms with van der Waals surface area (Å²) in [4.78, 5) is 0. The lowest BCUT2D eigenvalue weighted by Gasteiger charge is -2.09. The predicted octanol–water partition coefficient (Wildman–Crippen LogP) is 11.4. The van der Waals surface area contributed by atoms with Crippen LogP contribution in [0.3, 0.4) is 0 Å². The van der Waals surface area contributed by atoms with Crippen molar-refractivity contribution in [2.45, 2.75) is 162 Å². The quantitative estimate of drug-likeness (QED) is 0.0584. The van der Waals surface area contributed by atoms with E-state index in [0.717, 1.165) is 25.2 Å². The summed E-state index contributed by atoms with van der Waals surface area (Å²) in [6, 6.07) is 8.46. The third-order valence-electron chi connectivity index (χ3n) is 10.7. The van der Waals surface area contributed by atoms with E-state index in [1.165, 1.54) is 140 Å². The standard InChI is InChI=1S/C52H98O11/c1-3-5-7-9-11-12-13-14-15-16-17-18-19-20-22-24-30-53-31-32-54-33-34-55-35-36-56-37-38-57-39-40-58-41-42-59-43-44-60-45-46-61-47-48-62-49-50-63-52-28-26-51(27-29-52)25-23-21-10-8-6-4-2/h26-29H,3-25,30-50H2,1-2H3. The van der Waals surface area contributed by atoms with Crippen molar-refractivity contribution in [2.75, 3.05) is 139 Å². The molecule has 0 N–H and O–H groups in total. The number of unbranched alkanes of at least 4 members (excludes halogenated alkanes) is 20. The van der Waals surface area contributed by atoms with Gasteiger partial charge in [-0.2, -0.15) is 0 Å². The van der Waals surface area contributed by atoms with Gasteiger partial charge in [-0.25, -0.2) is 0 Å². The molecule has 1 rings (SSSR count). The van der Waals surface area contributed by atoms with Crippen LogP contribution in [0.5, 0.6) is 5.75 Å². The molecule has 0 saturated carbocycles. The topological polar surface area (TPSA) is 102 Å². The van der Waals surface area contributed by atoms with E-state index in [-0.39, 0.29) is 0 Å². The molecule has 372 valence electrons. The van der Waals surface area contributed by atoms with Crippen LogP contribution in [0.1, 0.15) is 161 Å². The lowest BCUT2D eigenvalue weighted by molar-refractivity contribution is -0.0267. The molecule has 0 fully saturated rings. The molecule has 0 heterocycles. The Bertz CT molecular complexity index is 970. The van der Waals surface area contributed by atoms with Crippen LogP contribution < -0.4 is 4.74 Å². The van der Waals surface area contributed by atoms with Gasteiger partial charge < -0.3 is 52.1 Å². The molecular formula is C52H98O11. The summed E-state index contributed by atoms with van der Waals surface area (Å²) in [7, 11) is 0. The van der Waals surface area contributed by atoms with Crippen molar-refractivity contribution in [1.82, 2.24) is 0 Å². The second-order valence-electron chi connectivity index (χ2n) is 16.4. The molecule has 11 heteroatoms. The van der Waals surface area contributed by atoms with Gasteiger partial charge in [0.25, 0.3) is 0 Å². The highest BCUT2D eigenvalue weighted by Crippen LogP contribution is 2.16. The van der Waals surface area contributed by atoms with E-state index < -0.39 is 0 Å². The van der Waals surface area contributed by atoms with Crippen molar-refractivity contribution in [3.63, 3.8) is 0 Å². The average Bonchev–Trinajstić information content (AvgIpc) is 3.30. The van der Waals surface area contributed by atoms with Crippen LogP contribution in [0.25, 0.3) is 0 Å². The van der Waals surface area contributed by atoms with E-state index in [1.54, 1.807) is 0 Å². The predicted molar refractivity (Wildman–Crippen MR) is 257 cm³/mol. The van der Waals surface area contributed by atoms with Gasteiger partial charge in [-0.15, -0.1) is 0 Å². The lowest BCUT2D eigenvalue weighted by Crippen LogP contribution is -2.15. The SMILES string of the molecule is CCCCCCCCCCCCCCCCCCOCCOCCOCCOCCOCCOCCOCCOCCOCCOCCOc1ccc(CCCCCCCC)cc1. The normalized spacial score (nSPS) is 11.6. The first-order valence-electron chi connectivity index (χ1n) is 25.9. The van der Waals surface area contributed by atoms with E-state index in [4.69, 9.17) is 52.1 Å². The fourth-order valence-electron chi connectivity index (χ4n) is 6.91. The number of ether oxygens (including phenoxy) is 11. The van der Waals surface area contributed by atoms with Gasteiger partial charge in [0.2, 0.25) is 0 Å². The van der Waals surface area contributed by atoms with Crippen molar-refractivity contribution in [1.29, 1.82) is 0 Å². The molecule has 0 saturated heterocycles. The van der Waals surface area contributed by atoms with Crippen LogP contribution in [-0.4, -0.2) is 139 Å². The second kappa shape index (κ2) is 53.2. The monoisotopic (exact) mass is 899 g/mol. The highest BCUT2D eigenvalue weighted by Gasteiger charge is 2.00. The Kier molecular flexibility index (Phi) is 50.4. The van der Waals surface area contributed by atoms with Crippen molar-refractivity contribution in [2.24, 2.45) is 0 Å². The summed E-state index contributed by atoms with van der Waals surface area (Å²) in [5, 5.41) is 0. The van der Waals surface area contributed by atoms with Crippen LogP contribution >= 0.6 is 0 Å². The average molecular weight is 899 g/mol. The Balaban J connectivity index is 1.64. The zero-order valence-corrected chi connectivity index (χ0v) is 40.9. The molecule has 0 radical (unpaired) electrons. The molecule has 11 nitrogen and oxygen atoms in total. The number of hydrogen-bond donors (Lipinski definition) is 0. The van der Waals surface area contributed by atoms with Gasteiger partial charge in [-0.05, 0) is 37.0 Å². The van der Waals surface area contributed by atoms with Crippen molar-refractivity contribution < 1.29 is 52.1 Å². The highest BCUT2D eigenvalue weighted by molar-refractivity contribution is 5.27. The minimum atomic E-state index is 0.521. The molecule has 0 spiro atoms. The van der Waals surface area contributed by atoms with Gasteiger partial charge in [0, 0.05) is 6.61 Å². The van der Waals surface area contributed by atoms with Crippen molar-refractivity contribution in [3.8, 4) is 5.75 Å². The fraction of sp³-hybridized carbons (Fsp3) is 0.885. The molecule has 0 amide bonds. The van der Waals surface area contributed by atoms with Gasteiger partial charge in [0.1, 0.15) is 12.4 Å². The van der Waals surface area contributed by atoms with E-state index >= 15 is 0 Å². The first kappa shape index (κ1) is 59.6. The lowest BCUT2D eigenvalue weighted by atomic mass is 10.0. The summed E-state index contributed by atoms with van der Waals surface area (Å²) in [5.41, 5.74) is 1.38. The Hall–Kier alpha value is -1.38. The molecule has 63 heavy (non-hydrogen) atoms. The number of hydrogen-bond acceptors (Lipinski definition) is 11. The highest BCUT2D eigenvalue weighted by atomic mass is 16.6. The maximum absolute atomic E-state index is 5.79. The molecule has 1 aromatic carbocycles. The molecule has 0 aliphatic carbocycles. The summed E-state index contributed by atoms with van der Waals surface area (Å²) < 4.78 is 61.6. The molecule has 0 aliphatic rings. The number of rotatable bonds is 55. The van der Waals surface area contributed by atoms with Gasteiger partial charge in [-0.1, -0.05) is 154 Å². The molecule has 0 unspecified atom stereocenters. The zero-order valence-electron chi connectivity index (χ0n) is 40.9. The first-order chi connectivity index (χ1) is 31.4. The van der Waals surface area contributed by atoms with Crippen molar-refractivity contribution >= 4 is 0 Å². The maximum Gasteiger partial charge on any atom is 0.119 e. The van der Waals surface area contributed by atoms with Gasteiger partial charge >= 0.3 is 0 Å². The van der Waals surface area contributed by atoms with Crippen LogP contribution in [0, 0.1) is 0 Å². The van der Waals surface area contributed by atoms with E-state index in [0.29, 0.717) is 132 Å².